The number of fused-ring (bicyclic) bond motifs is 3. The Morgan fingerprint density at radius 2 is 1.82 bits per heavy atom. The van der Waals surface area contributed by atoms with Crippen molar-refractivity contribution in [3.63, 3.8) is 0 Å². The van der Waals surface area contributed by atoms with Crippen molar-refractivity contribution in [2.75, 3.05) is 31.2 Å². The minimum absolute atomic E-state index is 0.0347. The number of hydrogen-bond donors (Lipinski definition) is 1. The Hall–Kier alpha value is -3.49. The third-order valence-corrected chi connectivity index (χ3v) is 8.52. The molecular weight excluding hydrogens is 484 g/mol. The molecule has 2 aromatic rings. The summed E-state index contributed by atoms with van der Waals surface area (Å²) in [5.74, 6) is -2.98. The van der Waals surface area contributed by atoms with E-state index in [1.807, 2.05) is 73.7 Å². The number of carbonyl (C=O) groups excluding carboxylic acids is 3. The van der Waals surface area contributed by atoms with E-state index in [1.54, 1.807) is 4.90 Å². The summed E-state index contributed by atoms with van der Waals surface area (Å²) < 4.78 is 12.5. The quantitative estimate of drug-likeness (QED) is 0.496. The summed E-state index contributed by atoms with van der Waals surface area (Å²) in [6.45, 7) is 2.13. The molecule has 1 unspecified atom stereocenters. The molecule has 0 aliphatic carbocycles. The fourth-order valence-corrected chi connectivity index (χ4v) is 6.80. The maximum atomic E-state index is 14.4. The van der Waals surface area contributed by atoms with Crippen LogP contribution in [0, 0.1) is 11.8 Å². The van der Waals surface area contributed by atoms with Crippen molar-refractivity contribution in [3.8, 4) is 0 Å². The molecule has 38 heavy (non-hydrogen) atoms. The molecule has 2 aromatic carbocycles. The first-order chi connectivity index (χ1) is 18.5. The maximum Gasteiger partial charge on any atom is 0.313 e. The van der Waals surface area contributed by atoms with Crippen LogP contribution in [0.2, 0.25) is 0 Å². The molecule has 0 aromatic heterocycles. The largest absolute Gasteiger partial charge is 0.465 e. The zero-order valence-corrected chi connectivity index (χ0v) is 21.4. The van der Waals surface area contributed by atoms with Gasteiger partial charge in [0.05, 0.1) is 19.1 Å². The van der Waals surface area contributed by atoms with Gasteiger partial charge in [-0.05, 0) is 42.2 Å². The Bertz CT molecular complexity index is 1350. The van der Waals surface area contributed by atoms with Crippen LogP contribution in [0.1, 0.15) is 26.2 Å². The van der Waals surface area contributed by atoms with Gasteiger partial charge in [-0.1, -0.05) is 61.6 Å². The summed E-state index contributed by atoms with van der Waals surface area (Å²) in [4.78, 5) is 45.0. The van der Waals surface area contributed by atoms with Gasteiger partial charge in [0.25, 0.3) is 5.91 Å². The number of carbonyl (C=O) groups is 3. The third kappa shape index (κ3) is 3.54. The van der Waals surface area contributed by atoms with Crippen molar-refractivity contribution in [2.45, 2.75) is 43.4 Å². The summed E-state index contributed by atoms with van der Waals surface area (Å²) in [6.07, 6.45) is 9.43. The second kappa shape index (κ2) is 9.36. The lowest BCUT2D eigenvalue weighted by atomic mass is 9.73. The highest BCUT2D eigenvalue weighted by Crippen LogP contribution is 2.58. The van der Waals surface area contributed by atoms with Gasteiger partial charge in [0.2, 0.25) is 5.91 Å². The van der Waals surface area contributed by atoms with Gasteiger partial charge in [0, 0.05) is 18.8 Å². The molecule has 198 valence electrons. The zero-order valence-electron chi connectivity index (χ0n) is 21.4. The number of cyclic esters (lactones) is 1. The molecule has 2 fully saturated rings. The Morgan fingerprint density at radius 3 is 2.61 bits per heavy atom. The molecular formula is C30H32N2O6. The number of allylic oxidation sites excluding steroid dienone is 1. The Morgan fingerprint density at radius 1 is 1.00 bits per heavy atom. The van der Waals surface area contributed by atoms with Crippen LogP contribution in [-0.2, 0) is 23.9 Å². The first-order valence-corrected chi connectivity index (χ1v) is 13.4. The molecule has 6 rings (SSSR count). The van der Waals surface area contributed by atoms with Crippen LogP contribution in [0.25, 0.3) is 10.8 Å². The van der Waals surface area contributed by atoms with Crippen LogP contribution < -0.4 is 4.90 Å². The lowest BCUT2D eigenvalue weighted by Crippen LogP contribution is -2.56. The van der Waals surface area contributed by atoms with Gasteiger partial charge in [0.1, 0.15) is 23.2 Å². The maximum absolute atomic E-state index is 14.4. The monoisotopic (exact) mass is 516 g/mol. The predicted molar refractivity (Wildman–Crippen MR) is 141 cm³/mol. The van der Waals surface area contributed by atoms with Crippen molar-refractivity contribution in [1.82, 2.24) is 4.90 Å². The summed E-state index contributed by atoms with van der Waals surface area (Å²) in [5, 5.41) is 11.9. The number of rotatable bonds is 4. The van der Waals surface area contributed by atoms with Gasteiger partial charge in [0.15, 0.2) is 0 Å². The first kappa shape index (κ1) is 24.8. The molecule has 0 radical (unpaired) electrons. The molecule has 0 saturated carbocycles. The lowest BCUT2D eigenvalue weighted by Gasteiger charge is -2.38. The fourth-order valence-electron chi connectivity index (χ4n) is 6.80. The number of anilines is 1. The average molecular weight is 517 g/mol. The van der Waals surface area contributed by atoms with Gasteiger partial charge >= 0.3 is 5.97 Å². The van der Waals surface area contributed by atoms with E-state index in [1.165, 1.54) is 4.90 Å². The fraction of sp³-hybridized carbons (Fsp3) is 0.433. The number of benzene rings is 2. The normalized spacial score (nSPS) is 33.6. The Kier molecular flexibility index (Phi) is 6.12. The molecule has 1 N–H and O–H groups in total. The molecule has 4 aliphatic heterocycles. The number of esters is 1. The van der Waals surface area contributed by atoms with E-state index < -0.39 is 35.0 Å². The molecule has 4 heterocycles. The Balaban J connectivity index is 1.48. The topological polar surface area (TPSA) is 96.4 Å². The summed E-state index contributed by atoms with van der Waals surface area (Å²) in [7, 11) is 0. The summed E-state index contributed by atoms with van der Waals surface area (Å²) in [5.41, 5.74) is -1.73. The standard InChI is InChI=1S/C30H32N2O6/c1-2-29-13-6-3-7-18-37-28(36)24(29)23-26(34)32(16-17-33)25-27(35)31(15-8-14-30(23,25)38-29)22-12-11-20-9-4-5-10-21(20)19-22/h4-6,8-14,19,23-25,33H,2-3,7,15-18H2,1H3/b13-6-/t23-,24-,25?,29+,30-/m0/s1. The first-order valence-electron chi connectivity index (χ1n) is 13.4. The number of nitrogens with zero attached hydrogens (tertiary/aromatic N) is 2. The smallest absolute Gasteiger partial charge is 0.313 e. The summed E-state index contributed by atoms with van der Waals surface area (Å²) in [6, 6.07) is 12.7. The molecule has 0 bridgehead atoms. The van der Waals surface area contributed by atoms with Gasteiger partial charge in [-0.3, -0.25) is 14.4 Å². The summed E-state index contributed by atoms with van der Waals surface area (Å²) >= 11 is 0. The number of aliphatic hydroxyl groups excluding tert-OH is 1. The van der Waals surface area contributed by atoms with Crippen LogP contribution in [0.4, 0.5) is 5.69 Å². The highest BCUT2D eigenvalue weighted by atomic mass is 16.6. The van der Waals surface area contributed by atoms with Gasteiger partial charge in [-0.2, -0.15) is 0 Å². The average Bonchev–Trinajstić information content (AvgIpc) is 3.30. The predicted octanol–water partition coefficient (Wildman–Crippen LogP) is 2.99. The number of aliphatic hydroxyl groups is 1. The molecule has 5 atom stereocenters. The van der Waals surface area contributed by atoms with Gasteiger partial charge in [-0.25, -0.2) is 0 Å². The second-order valence-corrected chi connectivity index (χ2v) is 10.5. The van der Waals surface area contributed by atoms with E-state index in [4.69, 9.17) is 9.47 Å². The van der Waals surface area contributed by atoms with Crippen LogP contribution in [0.5, 0.6) is 0 Å². The number of amides is 2. The van der Waals surface area contributed by atoms with Crippen LogP contribution in [-0.4, -0.2) is 71.3 Å². The third-order valence-electron chi connectivity index (χ3n) is 8.52. The highest BCUT2D eigenvalue weighted by Gasteiger charge is 2.75. The second-order valence-electron chi connectivity index (χ2n) is 10.5. The minimum atomic E-state index is -1.36. The van der Waals surface area contributed by atoms with Gasteiger partial charge < -0.3 is 24.4 Å². The van der Waals surface area contributed by atoms with E-state index in [2.05, 4.69) is 0 Å². The number of hydrogen-bond acceptors (Lipinski definition) is 6. The van der Waals surface area contributed by atoms with Crippen LogP contribution >= 0.6 is 0 Å². The lowest BCUT2D eigenvalue weighted by molar-refractivity contribution is -0.159. The van der Waals surface area contributed by atoms with E-state index in [0.717, 1.165) is 17.2 Å². The zero-order chi connectivity index (χ0) is 26.5. The highest BCUT2D eigenvalue weighted by molar-refractivity contribution is 6.06. The van der Waals surface area contributed by atoms with E-state index in [9.17, 15) is 19.5 Å². The van der Waals surface area contributed by atoms with Crippen molar-refractivity contribution in [3.05, 3.63) is 66.8 Å². The molecule has 4 aliphatic rings. The molecule has 8 heteroatoms. The van der Waals surface area contributed by atoms with Crippen LogP contribution in [0.15, 0.2) is 66.8 Å². The van der Waals surface area contributed by atoms with Crippen LogP contribution in [0.3, 0.4) is 0 Å². The number of likely N-dealkylation sites (tertiary alicyclic amines) is 1. The minimum Gasteiger partial charge on any atom is -0.465 e. The van der Waals surface area contributed by atoms with Crippen molar-refractivity contribution >= 4 is 34.2 Å². The SMILES string of the molecule is CC[C@@]12/C=C\CCCOC(=O)[C@@H]1[C@H]1C(=O)N(CCO)C3C(=O)N(c4ccc5ccccc5c4)CC=C[C@@]31O2. The Labute approximate surface area is 221 Å². The molecule has 2 amide bonds. The van der Waals surface area contributed by atoms with Gasteiger partial charge in [-0.15, -0.1) is 0 Å². The van der Waals surface area contributed by atoms with Crippen molar-refractivity contribution in [1.29, 1.82) is 0 Å². The number of ether oxygens (including phenoxy) is 2. The van der Waals surface area contributed by atoms with E-state index in [0.29, 0.717) is 18.5 Å². The molecule has 2 saturated heterocycles. The van der Waals surface area contributed by atoms with E-state index >= 15 is 0 Å². The van der Waals surface area contributed by atoms with E-state index in [-0.39, 0.29) is 38.1 Å². The molecule has 1 spiro atoms. The molecule has 8 nitrogen and oxygen atoms in total. The van der Waals surface area contributed by atoms with Crippen molar-refractivity contribution < 1.29 is 29.0 Å². The number of β-amino-alcohol motifs (C(OH)–C–C–N with tert-alkyl or cyclic N) is 1. The van der Waals surface area contributed by atoms with Crippen molar-refractivity contribution in [2.24, 2.45) is 11.8 Å².